The molecule has 0 bridgehead atoms. The molecule has 5 rings (SSSR count). The number of benzene rings is 3. The summed E-state index contributed by atoms with van der Waals surface area (Å²) in [5, 5.41) is 3.04. The van der Waals surface area contributed by atoms with E-state index in [4.69, 9.17) is 14.2 Å². The largest absolute Gasteiger partial charge is 0.494 e. The summed E-state index contributed by atoms with van der Waals surface area (Å²) >= 11 is 0. The number of nitrogens with zero attached hydrogens (tertiary/aromatic N) is 1. The normalized spacial score (nSPS) is 14.8. The molecule has 0 atom stereocenters. The van der Waals surface area contributed by atoms with E-state index in [1.807, 2.05) is 6.92 Å². The van der Waals surface area contributed by atoms with Gasteiger partial charge in [0.15, 0.2) is 11.5 Å². The van der Waals surface area contributed by atoms with Gasteiger partial charge in [0.25, 0.3) is 11.8 Å². The van der Waals surface area contributed by atoms with Crippen molar-refractivity contribution in [3.8, 4) is 17.2 Å². The number of ether oxygens (including phenoxy) is 3. The van der Waals surface area contributed by atoms with E-state index in [1.54, 1.807) is 48.5 Å². The Kier molecular flexibility index (Phi) is 5.18. The zero-order valence-corrected chi connectivity index (χ0v) is 17.6. The third-order valence-corrected chi connectivity index (χ3v) is 5.27. The van der Waals surface area contributed by atoms with Crippen LogP contribution in [-0.4, -0.2) is 25.2 Å². The van der Waals surface area contributed by atoms with E-state index in [9.17, 15) is 14.0 Å². The number of hydrogen-bond donors (Lipinski definition) is 1. The van der Waals surface area contributed by atoms with Crippen LogP contribution < -0.4 is 24.4 Å². The van der Waals surface area contributed by atoms with Gasteiger partial charge >= 0.3 is 0 Å². The minimum Gasteiger partial charge on any atom is -0.494 e. The average Bonchev–Trinajstić information content (AvgIpc) is 3.37. The summed E-state index contributed by atoms with van der Waals surface area (Å²) in [6, 6.07) is 17.6. The molecule has 0 radical (unpaired) electrons. The van der Waals surface area contributed by atoms with Crippen LogP contribution in [0.4, 0.5) is 15.8 Å². The molecule has 0 aromatic heterocycles. The van der Waals surface area contributed by atoms with Crippen LogP contribution in [0.15, 0.2) is 72.4 Å². The Morgan fingerprint density at radius 2 is 1.73 bits per heavy atom. The molecule has 2 aliphatic heterocycles. The number of hydrogen-bond acceptors (Lipinski definition) is 6. The van der Waals surface area contributed by atoms with Gasteiger partial charge in [0.2, 0.25) is 6.79 Å². The van der Waals surface area contributed by atoms with Crippen molar-refractivity contribution in [2.75, 3.05) is 23.6 Å². The molecule has 8 heteroatoms. The summed E-state index contributed by atoms with van der Waals surface area (Å²) in [6.45, 7) is 2.48. The highest BCUT2D eigenvalue weighted by Crippen LogP contribution is 2.38. The molecule has 0 unspecified atom stereocenters. The van der Waals surface area contributed by atoms with Gasteiger partial charge in [-0.15, -0.1) is 0 Å². The van der Waals surface area contributed by atoms with E-state index in [2.05, 4.69) is 5.32 Å². The average molecular weight is 446 g/mol. The Morgan fingerprint density at radius 1 is 0.970 bits per heavy atom. The second-order valence-electron chi connectivity index (χ2n) is 7.30. The summed E-state index contributed by atoms with van der Waals surface area (Å²) in [5.41, 5.74) is 1.07. The fraction of sp³-hybridized carbons (Fsp3) is 0.120. The Hall–Kier alpha value is -4.33. The number of halogens is 1. The number of amides is 2. The van der Waals surface area contributed by atoms with Crippen LogP contribution in [0.3, 0.4) is 0 Å². The van der Waals surface area contributed by atoms with Crippen LogP contribution in [0.25, 0.3) is 5.57 Å². The van der Waals surface area contributed by atoms with Gasteiger partial charge in [-0.25, -0.2) is 9.29 Å². The van der Waals surface area contributed by atoms with E-state index in [0.29, 0.717) is 35.1 Å². The molecule has 2 amide bonds. The van der Waals surface area contributed by atoms with E-state index < -0.39 is 17.6 Å². The lowest BCUT2D eigenvalue weighted by molar-refractivity contribution is -0.120. The molecule has 33 heavy (non-hydrogen) atoms. The van der Waals surface area contributed by atoms with Gasteiger partial charge in [0.05, 0.1) is 17.9 Å². The van der Waals surface area contributed by atoms with Crippen molar-refractivity contribution < 1.29 is 28.2 Å². The van der Waals surface area contributed by atoms with Crippen LogP contribution in [-0.2, 0) is 9.59 Å². The Balaban J connectivity index is 1.58. The number of fused-ring (bicyclic) bond motifs is 1. The third kappa shape index (κ3) is 3.65. The summed E-state index contributed by atoms with van der Waals surface area (Å²) in [7, 11) is 0. The van der Waals surface area contributed by atoms with Gasteiger partial charge in [-0.3, -0.25) is 9.59 Å². The minimum atomic E-state index is -0.672. The molecule has 166 valence electrons. The summed E-state index contributed by atoms with van der Waals surface area (Å²) < 4.78 is 30.7. The molecule has 0 spiro atoms. The molecule has 1 N–H and O–H groups in total. The standard InChI is InChI=1S/C25H19FN2O5/c1-2-31-17-10-7-15(8-11-17)22-23(27-16-9-12-20-21(13-16)33-14-32-20)25(30)28(24(22)29)19-6-4-3-5-18(19)26/h3-13,27H,2,14H2,1H3. The quantitative estimate of drug-likeness (QED) is 0.568. The SMILES string of the molecule is CCOc1ccc(C2=C(Nc3ccc4c(c3)OCO4)C(=O)N(c3ccccc3F)C2=O)cc1. The monoisotopic (exact) mass is 446 g/mol. The first-order valence-electron chi connectivity index (χ1n) is 10.3. The Bertz CT molecular complexity index is 1290. The lowest BCUT2D eigenvalue weighted by Gasteiger charge is -2.16. The van der Waals surface area contributed by atoms with Gasteiger partial charge in [-0.05, 0) is 48.9 Å². The molecular formula is C25H19FN2O5. The van der Waals surface area contributed by atoms with Crippen molar-refractivity contribution in [2.45, 2.75) is 6.92 Å². The molecule has 7 nitrogen and oxygen atoms in total. The molecule has 3 aromatic carbocycles. The van der Waals surface area contributed by atoms with Crippen molar-refractivity contribution in [3.05, 3.63) is 83.8 Å². The first kappa shape index (κ1) is 20.6. The van der Waals surface area contributed by atoms with Gasteiger partial charge in [0.1, 0.15) is 17.3 Å². The zero-order chi connectivity index (χ0) is 22.9. The third-order valence-electron chi connectivity index (χ3n) is 5.27. The predicted molar refractivity (Wildman–Crippen MR) is 120 cm³/mol. The summed E-state index contributed by atoms with van der Waals surface area (Å²) in [4.78, 5) is 27.7. The highest BCUT2D eigenvalue weighted by molar-refractivity contribution is 6.46. The van der Waals surface area contributed by atoms with Gasteiger partial charge in [-0.2, -0.15) is 0 Å². The fourth-order valence-electron chi connectivity index (χ4n) is 3.77. The first-order valence-corrected chi connectivity index (χ1v) is 10.3. The molecule has 0 saturated heterocycles. The lowest BCUT2D eigenvalue weighted by atomic mass is 10.0. The van der Waals surface area contributed by atoms with Gasteiger partial charge in [-0.1, -0.05) is 24.3 Å². The zero-order valence-electron chi connectivity index (χ0n) is 17.6. The van der Waals surface area contributed by atoms with E-state index in [0.717, 1.165) is 4.90 Å². The maximum Gasteiger partial charge on any atom is 0.282 e. The molecule has 0 aliphatic carbocycles. The molecule has 3 aromatic rings. The number of imide groups is 1. The van der Waals surface area contributed by atoms with Crippen molar-refractivity contribution in [1.29, 1.82) is 0 Å². The number of rotatable bonds is 6. The second-order valence-corrected chi connectivity index (χ2v) is 7.30. The van der Waals surface area contributed by atoms with Crippen molar-refractivity contribution in [1.82, 2.24) is 0 Å². The van der Waals surface area contributed by atoms with E-state index >= 15 is 0 Å². The molecule has 2 aliphatic rings. The summed E-state index contributed by atoms with van der Waals surface area (Å²) in [5.74, 6) is -0.220. The maximum atomic E-state index is 14.5. The maximum absolute atomic E-state index is 14.5. The Labute approximate surface area is 189 Å². The lowest BCUT2D eigenvalue weighted by Crippen LogP contribution is -2.33. The van der Waals surface area contributed by atoms with Gasteiger partial charge < -0.3 is 19.5 Å². The minimum absolute atomic E-state index is 0.0336. The number of para-hydroxylation sites is 1. The van der Waals surface area contributed by atoms with Crippen LogP contribution in [0.2, 0.25) is 0 Å². The number of nitrogens with one attached hydrogen (secondary N) is 1. The first-order chi connectivity index (χ1) is 16.1. The van der Waals surface area contributed by atoms with Crippen LogP contribution >= 0.6 is 0 Å². The van der Waals surface area contributed by atoms with Crippen molar-refractivity contribution in [2.24, 2.45) is 0 Å². The number of anilines is 2. The second kappa shape index (κ2) is 8.31. The van der Waals surface area contributed by atoms with Gasteiger partial charge in [0, 0.05) is 11.8 Å². The van der Waals surface area contributed by atoms with Crippen LogP contribution in [0, 0.1) is 5.82 Å². The van der Waals surface area contributed by atoms with Crippen LogP contribution in [0.1, 0.15) is 12.5 Å². The molecule has 2 heterocycles. The Morgan fingerprint density at radius 3 is 2.48 bits per heavy atom. The van der Waals surface area contributed by atoms with Crippen LogP contribution in [0.5, 0.6) is 17.2 Å². The molecule has 0 fully saturated rings. The summed E-state index contributed by atoms with van der Waals surface area (Å²) in [6.07, 6.45) is 0. The molecule has 0 saturated carbocycles. The number of carbonyl (C=O) groups excluding carboxylic acids is 2. The van der Waals surface area contributed by atoms with E-state index in [-0.39, 0.29) is 23.8 Å². The molecular weight excluding hydrogens is 427 g/mol. The van der Waals surface area contributed by atoms with E-state index in [1.165, 1.54) is 18.2 Å². The predicted octanol–water partition coefficient (Wildman–Crippen LogP) is 4.35. The smallest absolute Gasteiger partial charge is 0.282 e. The van der Waals surface area contributed by atoms with Crippen molar-refractivity contribution in [3.63, 3.8) is 0 Å². The highest BCUT2D eigenvalue weighted by atomic mass is 19.1. The van der Waals surface area contributed by atoms with Crippen molar-refractivity contribution >= 4 is 28.8 Å². The number of carbonyl (C=O) groups is 2. The highest BCUT2D eigenvalue weighted by Gasteiger charge is 2.41. The fourth-order valence-corrected chi connectivity index (χ4v) is 3.77. The topological polar surface area (TPSA) is 77.1 Å².